The smallest absolute Gasteiger partial charge is 0.318 e. The molecule has 4 N–H and O–H groups in total. The molecule has 3 aliphatic heterocycles. The summed E-state index contributed by atoms with van der Waals surface area (Å²) in [7, 11) is 1.43. The summed E-state index contributed by atoms with van der Waals surface area (Å²) >= 11 is 7.61. The number of aromatic nitrogens is 3. The molecule has 224 valence electrons. The average molecular weight is 620 g/mol. The Bertz CT molecular complexity index is 1610. The van der Waals surface area contributed by atoms with Crippen LogP contribution in [0, 0.1) is 11.6 Å². The highest BCUT2D eigenvalue weighted by Crippen LogP contribution is 2.42. The van der Waals surface area contributed by atoms with Crippen LogP contribution < -0.4 is 21.1 Å². The van der Waals surface area contributed by atoms with Gasteiger partial charge < -0.3 is 21.1 Å². The van der Waals surface area contributed by atoms with E-state index in [9.17, 15) is 8.78 Å². The summed E-state index contributed by atoms with van der Waals surface area (Å²) in [6.45, 7) is 3.25. The number of halogens is 4. The largest absolute Gasteiger partial charge is 0.467 e. The number of ether oxygens (including phenoxy) is 1. The molecule has 7 rings (SSSR count). The van der Waals surface area contributed by atoms with Gasteiger partial charge in [0.1, 0.15) is 23.3 Å². The van der Waals surface area contributed by atoms with Crippen LogP contribution in [0.1, 0.15) is 38.5 Å². The number of nitrogens with zero attached hydrogens (tertiary/aromatic N) is 5. The van der Waals surface area contributed by atoms with Crippen molar-refractivity contribution in [2.45, 2.75) is 56.8 Å². The molecule has 3 atom stereocenters. The molecule has 0 radical (unpaired) electrons. The van der Waals surface area contributed by atoms with Gasteiger partial charge in [-0.25, -0.2) is 18.2 Å². The first-order valence-corrected chi connectivity index (χ1v) is 15.4. The lowest BCUT2D eigenvalue weighted by atomic mass is 10.0. The molecule has 0 bridgehead atoms. The Labute approximate surface area is 250 Å². The molecular formula is C29H33ClF3N7OS. The molecule has 0 saturated carbocycles. The van der Waals surface area contributed by atoms with Gasteiger partial charge in [-0.15, -0.1) is 0 Å². The molecule has 5 heterocycles. The molecular weight excluding hydrogens is 587 g/mol. The maximum Gasteiger partial charge on any atom is 0.318 e. The van der Waals surface area contributed by atoms with Gasteiger partial charge in [0.05, 0.1) is 22.3 Å². The Morgan fingerprint density at radius 1 is 1.05 bits per heavy atom. The number of rotatable bonds is 3. The number of alkyl halides is 1. The van der Waals surface area contributed by atoms with Crippen molar-refractivity contribution in [1.82, 2.24) is 19.9 Å². The number of fused-ring (bicyclic) bond motifs is 3. The molecule has 3 unspecified atom stereocenters. The van der Waals surface area contributed by atoms with Crippen LogP contribution in [0.5, 0.6) is 6.01 Å². The van der Waals surface area contributed by atoms with E-state index in [1.807, 2.05) is 0 Å². The quantitative estimate of drug-likeness (QED) is 0.290. The minimum atomic E-state index is -0.662. The second-order valence-corrected chi connectivity index (χ2v) is 12.5. The van der Waals surface area contributed by atoms with Crippen molar-refractivity contribution in [1.29, 1.82) is 0 Å². The summed E-state index contributed by atoms with van der Waals surface area (Å²) in [5.41, 5.74) is 12.6. The topological polar surface area (TPSA) is 106 Å². The van der Waals surface area contributed by atoms with Crippen LogP contribution in [-0.2, 0) is 0 Å². The van der Waals surface area contributed by atoms with Gasteiger partial charge in [-0.2, -0.15) is 9.97 Å². The summed E-state index contributed by atoms with van der Waals surface area (Å²) in [4.78, 5) is 17.3. The van der Waals surface area contributed by atoms with Gasteiger partial charge in [0.25, 0.3) is 0 Å². The molecule has 3 aliphatic rings. The maximum atomic E-state index is 16.0. The molecule has 2 aromatic heterocycles. The summed E-state index contributed by atoms with van der Waals surface area (Å²) in [6, 6.07) is 5.10. The number of nitrogen functional groups attached to an aromatic ring is 1. The number of benzene rings is 2. The number of nitrogens with two attached hydrogens (primary N) is 2. The molecule has 2 aromatic carbocycles. The number of hydrogen-bond acceptors (Lipinski definition) is 9. The van der Waals surface area contributed by atoms with Crippen LogP contribution in [0.2, 0.25) is 5.02 Å². The van der Waals surface area contributed by atoms with E-state index < -0.39 is 17.8 Å². The lowest BCUT2D eigenvalue weighted by Crippen LogP contribution is -2.27. The first-order chi connectivity index (χ1) is 20.2. The zero-order valence-electron chi connectivity index (χ0n) is 23.3. The first-order valence-electron chi connectivity index (χ1n) is 14.2. The van der Waals surface area contributed by atoms with Crippen LogP contribution in [0.4, 0.5) is 24.1 Å². The maximum absolute atomic E-state index is 16.0. The van der Waals surface area contributed by atoms with Gasteiger partial charge >= 0.3 is 6.01 Å². The Morgan fingerprint density at radius 3 is 2.64 bits per heavy atom. The standard InChI is InChI=1S/C22H21ClF2N6OS.C7H12FN/c1-32-22-29-17-12(20(30-22)31-7-2-3-10(26)6-8-31)9-13(23)15(16(17)25)11-4-5-14(24)19-18(11)28-21(27)33-19;8-6-4-7-2-1-3-9(7)5-6/h4-5,9-10H,2-3,6-8,26H2,1H3,(H2,27,28);6-7H,1-5H2. The lowest BCUT2D eigenvalue weighted by molar-refractivity contribution is 0.292. The van der Waals surface area contributed by atoms with Crippen LogP contribution in [0.3, 0.4) is 0 Å². The van der Waals surface area contributed by atoms with Gasteiger partial charge in [0, 0.05) is 48.2 Å². The second kappa shape index (κ2) is 12.0. The van der Waals surface area contributed by atoms with E-state index >= 15 is 4.39 Å². The van der Waals surface area contributed by atoms with E-state index in [1.54, 1.807) is 6.07 Å². The van der Waals surface area contributed by atoms with Gasteiger partial charge in [-0.05, 0) is 63.3 Å². The lowest BCUT2D eigenvalue weighted by Gasteiger charge is -2.24. The van der Waals surface area contributed by atoms with Crippen molar-refractivity contribution in [3.05, 3.63) is 34.9 Å². The third-order valence-electron chi connectivity index (χ3n) is 8.34. The highest BCUT2D eigenvalue weighted by Gasteiger charge is 2.34. The molecule has 0 aliphatic carbocycles. The van der Waals surface area contributed by atoms with E-state index in [-0.39, 0.29) is 43.5 Å². The summed E-state index contributed by atoms with van der Waals surface area (Å²) in [5.74, 6) is -0.600. The highest BCUT2D eigenvalue weighted by atomic mass is 35.5. The Balaban J connectivity index is 0.000000296. The summed E-state index contributed by atoms with van der Waals surface area (Å²) in [5, 5.41) is 0.786. The van der Waals surface area contributed by atoms with Crippen molar-refractivity contribution in [2.75, 3.05) is 43.9 Å². The Morgan fingerprint density at radius 2 is 1.86 bits per heavy atom. The third-order valence-corrected chi connectivity index (χ3v) is 9.53. The Kier molecular flexibility index (Phi) is 8.32. The van der Waals surface area contributed by atoms with Crippen LogP contribution >= 0.6 is 22.9 Å². The van der Waals surface area contributed by atoms with Crippen molar-refractivity contribution in [3.8, 4) is 17.1 Å². The van der Waals surface area contributed by atoms with Crippen LogP contribution in [0.25, 0.3) is 32.2 Å². The zero-order chi connectivity index (χ0) is 29.5. The second-order valence-electron chi connectivity index (χ2n) is 11.1. The minimum absolute atomic E-state index is 0.0420. The third kappa shape index (κ3) is 5.57. The summed E-state index contributed by atoms with van der Waals surface area (Å²) in [6.07, 6.45) is 5.41. The van der Waals surface area contributed by atoms with E-state index in [0.717, 1.165) is 50.1 Å². The molecule has 4 aromatic rings. The van der Waals surface area contributed by atoms with E-state index in [0.29, 0.717) is 35.9 Å². The zero-order valence-corrected chi connectivity index (χ0v) is 24.8. The molecule has 3 saturated heterocycles. The van der Waals surface area contributed by atoms with E-state index in [2.05, 4.69) is 24.8 Å². The van der Waals surface area contributed by atoms with E-state index in [4.69, 9.17) is 27.8 Å². The fourth-order valence-corrected chi connectivity index (χ4v) is 7.35. The molecule has 13 heteroatoms. The normalized spacial score (nSPS) is 22.7. The monoisotopic (exact) mass is 619 g/mol. The number of methoxy groups -OCH3 is 1. The molecule has 3 fully saturated rings. The first kappa shape index (κ1) is 29.2. The number of anilines is 2. The molecule has 0 spiro atoms. The molecule has 0 amide bonds. The van der Waals surface area contributed by atoms with Crippen molar-refractivity contribution < 1.29 is 17.9 Å². The van der Waals surface area contributed by atoms with Gasteiger partial charge in [-0.1, -0.05) is 22.9 Å². The van der Waals surface area contributed by atoms with E-state index in [1.165, 1.54) is 32.1 Å². The van der Waals surface area contributed by atoms with Crippen molar-refractivity contribution in [2.24, 2.45) is 5.73 Å². The number of hydrogen-bond donors (Lipinski definition) is 2. The van der Waals surface area contributed by atoms with Gasteiger partial charge in [0.15, 0.2) is 10.9 Å². The SMILES string of the molecule is COc1nc(N2CCCC(N)CC2)c2cc(Cl)c(-c3ccc(F)c4sc(N)nc34)c(F)c2n1.FC1CC2CCCN2C1. The van der Waals surface area contributed by atoms with Crippen molar-refractivity contribution in [3.63, 3.8) is 0 Å². The van der Waals surface area contributed by atoms with Gasteiger partial charge in [0.2, 0.25) is 0 Å². The summed E-state index contributed by atoms with van der Waals surface area (Å²) < 4.78 is 48.5. The average Bonchev–Trinajstić information content (AvgIpc) is 3.62. The van der Waals surface area contributed by atoms with Crippen LogP contribution in [-0.4, -0.2) is 71.4 Å². The Hall–Kier alpha value is -2.93. The van der Waals surface area contributed by atoms with Crippen molar-refractivity contribution >= 4 is 55.0 Å². The van der Waals surface area contributed by atoms with Gasteiger partial charge in [-0.3, -0.25) is 4.90 Å². The predicted molar refractivity (Wildman–Crippen MR) is 162 cm³/mol. The van der Waals surface area contributed by atoms with Crippen LogP contribution in [0.15, 0.2) is 18.2 Å². The predicted octanol–water partition coefficient (Wildman–Crippen LogP) is 5.94. The highest BCUT2D eigenvalue weighted by molar-refractivity contribution is 7.22. The number of thiazole rings is 1. The molecule has 8 nitrogen and oxygen atoms in total. The minimum Gasteiger partial charge on any atom is -0.467 e. The fraction of sp³-hybridized carbons (Fsp3) is 0.483. The fourth-order valence-electron chi connectivity index (χ4n) is 6.29. The molecule has 42 heavy (non-hydrogen) atoms.